The molecule has 0 aliphatic carbocycles. The van der Waals surface area contributed by atoms with Crippen molar-refractivity contribution in [2.75, 3.05) is 18.6 Å². The lowest BCUT2D eigenvalue weighted by molar-refractivity contribution is 0.393. The lowest BCUT2D eigenvalue weighted by atomic mass is 10.2. The Balaban J connectivity index is 2.22. The number of methoxy groups -OCH3 is 1. The molecule has 19 heavy (non-hydrogen) atoms. The van der Waals surface area contributed by atoms with Crippen LogP contribution >= 0.6 is 15.9 Å². The molecule has 0 fully saturated rings. The third-order valence-corrected chi connectivity index (χ3v) is 3.22. The van der Waals surface area contributed by atoms with Crippen LogP contribution in [0.2, 0.25) is 0 Å². The summed E-state index contributed by atoms with van der Waals surface area (Å²) in [5.74, 6) is 1.19. The summed E-state index contributed by atoms with van der Waals surface area (Å²) in [6.07, 6.45) is 5.27. The van der Waals surface area contributed by atoms with Crippen LogP contribution in [0.5, 0.6) is 5.88 Å². The first-order chi connectivity index (χ1) is 9.24. The topological polar surface area (TPSA) is 51.1 Å². The van der Waals surface area contributed by atoms with E-state index in [1.165, 1.54) is 5.56 Å². The van der Waals surface area contributed by atoms with E-state index in [4.69, 9.17) is 4.74 Å². The molecule has 0 amide bonds. The fraction of sp³-hybridized carbons (Fsp3) is 0.308. The number of rotatable bonds is 5. The van der Waals surface area contributed by atoms with Gasteiger partial charge in [-0.15, -0.1) is 0 Å². The molecule has 0 N–H and O–H groups in total. The van der Waals surface area contributed by atoms with Crippen molar-refractivity contribution in [1.82, 2.24) is 15.0 Å². The Morgan fingerprint density at radius 3 is 2.68 bits per heavy atom. The number of hydrogen-bond acceptors (Lipinski definition) is 5. The minimum absolute atomic E-state index is 0.540. The minimum atomic E-state index is 0.540. The van der Waals surface area contributed by atoms with Crippen molar-refractivity contribution in [2.45, 2.75) is 13.5 Å². The standard InChI is InChI=1S/C13H15BrN4O/c1-3-18(9-10-4-6-15-7-5-10)13-16-8-11(14)12(17-13)19-2/h4-8H,3,9H2,1-2H3. The van der Waals surface area contributed by atoms with Gasteiger partial charge >= 0.3 is 0 Å². The molecular weight excluding hydrogens is 308 g/mol. The molecule has 2 aromatic heterocycles. The van der Waals surface area contributed by atoms with Crippen LogP contribution in [0.15, 0.2) is 35.2 Å². The highest BCUT2D eigenvalue weighted by Crippen LogP contribution is 2.23. The molecule has 2 heterocycles. The van der Waals surface area contributed by atoms with Crippen LogP contribution in [0.4, 0.5) is 5.95 Å². The summed E-state index contributed by atoms with van der Waals surface area (Å²) in [4.78, 5) is 14.8. The summed E-state index contributed by atoms with van der Waals surface area (Å²) < 4.78 is 5.94. The third kappa shape index (κ3) is 3.41. The molecule has 100 valence electrons. The van der Waals surface area contributed by atoms with Crippen LogP contribution in [0.25, 0.3) is 0 Å². The SMILES string of the molecule is CCN(Cc1ccncc1)c1ncc(Br)c(OC)n1. The second-order valence-corrected chi connectivity index (χ2v) is 4.75. The number of halogens is 1. The molecular formula is C13H15BrN4O. The molecule has 6 heteroatoms. The highest BCUT2D eigenvalue weighted by atomic mass is 79.9. The number of ether oxygens (including phenoxy) is 1. The molecule has 0 aliphatic heterocycles. The van der Waals surface area contributed by atoms with Gasteiger partial charge in [0.1, 0.15) is 0 Å². The number of aromatic nitrogens is 3. The van der Waals surface area contributed by atoms with Crippen LogP contribution in [-0.2, 0) is 6.54 Å². The van der Waals surface area contributed by atoms with Crippen molar-refractivity contribution in [3.63, 3.8) is 0 Å². The quantitative estimate of drug-likeness (QED) is 0.847. The van der Waals surface area contributed by atoms with Crippen molar-refractivity contribution < 1.29 is 4.74 Å². The van der Waals surface area contributed by atoms with Gasteiger partial charge in [-0.1, -0.05) is 0 Å². The monoisotopic (exact) mass is 322 g/mol. The minimum Gasteiger partial charge on any atom is -0.480 e. The number of anilines is 1. The van der Waals surface area contributed by atoms with Gasteiger partial charge in [-0.3, -0.25) is 4.98 Å². The smallest absolute Gasteiger partial charge is 0.232 e. The average molecular weight is 323 g/mol. The van der Waals surface area contributed by atoms with Gasteiger partial charge in [0, 0.05) is 25.5 Å². The highest BCUT2D eigenvalue weighted by molar-refractivity contribution is 9.10. The molecule has 0 radical (unpaired) electrons. The van der Waals surface area contributed by atoms with E-state index in [1.54, 1.807) is 25.7 Å². The van der Waals surface area contributed by atoms with Crippen LogP contribution in [0, 0.1) is 0 Å². The van der Waals surface area contributed by atoms with Crippen LogP contribution in [0.3, 0.4) is 0 Å². The second-order valence-electron chi connectivity index (χ2n) is 3.90. The maximum Gasteiger partial charge on any atom is 0.232 e. The maximum absolute atomic E-state index is 5.20. The first-order valence-electron chi connectivity index (χ1n) is 5.95. The second kappa shape index (κ2) is 6.47. The van der Waals surface area contributed by atoms with Gasteiger partial charge in [-0.05, 0) is 40.5 Å². The van der Waals surface area contributed by atoms with Crippen molar-refractivity contribution in [3.8, 4) is 5.88 Å². The van der Waals surface area contributed by atoms with E-state index in [2.05, 4.69) is 42.7 Å². The van der Waals surface area contributed by atoms with Gasteiger partial charge < -0.3 is 9.64 Å². The van der Waals surface area contributed by atoms with Crippen LogP contribution < -0.4 is 9.64 Å². The number of nitrogens with zero attached hydrogens (tertiary/aromatic N) is 4. The van der Waals surface area contributed by atoms with E-state index in [1.807, 2.05) is 12.1 Å². The molecule has 0 spiro atoms. The van der Waals surface area contributed by atoms with Gasteiger partial charge in [-0.25, -0.2) is 4.98 Å². The molecule has 0 unspecified atom stereocenters. The molecule has 0 saturated heterocycles. The first kappa shape index (κ1) is 13.7. The Bertz CT molecular complexity index is 535. The fourth-order valence-electron chi connectivity index (χ4n) is 1.67. The van der Waals surface area contributed by atoms with Crippen LogP contribution in [0.1, 0.15) is 12.5 Å². The van der Waals surface area contributed by atoms with E-state index in [9.17, 15) is 0 Å². The average Bonchev–Trinajstić information content (AvgIpc) is 2.46. The number of pyridine rings is 1. The largest absolute Gasteiger partial charge is 0.480 e. The Labute approximate surface area is 120 Å². The van der Waals surface area contributed by atoms with Gasteiger partial charge in [0.2, 0.25) is 11.8 Å². The van der Waals surface area contributed by atoms with Gasteiger partial charge in [0.15, 0.2) is 0 Å². The first-order valence-corrected chi connectivity index (χ1v) is 6.74. The summed E-state index contributed by atoms with van der Waals surface area (Å²) in [7, 11) is 1.59. The van der Waals surface area contributed by atoms with E-state index >= 15 is 0 Å². The van der Waals surface area contributed by atoms with Gasteiger partial charge in [0.05, 0.1) is 17.8 Å². The zero-order valence-corrected chi connectivity index (χ0v) is 12.5. The molecule has 2 rings (SSSR count). The summed E-state index contributed by atoms with van der Waals surface area (Å²) in [5.41, 5.74) is 1.17. The normalized spacial score (nSPS) is 10.3. The highest BCUT2D eigenvalue weighted by Gasteiger charge is 2.11. The summed E-state index contributed by atoms with van der Waals surface area (Å²) in [6, 6.07) is 3.97. The molecule has 5 nitrogen and oxygen atoms in total. The molecule has 0 aromatic carbocycles. The van der Waals surface area contributed by atoms with Crippen molar-refractivity contribution in [1.29, 1.82) is 0 Å². The Hall–Kier alpha value is -1.69. The van der Waals surface area contributed by atoms with Crippen LogP contribution in [-0.4, -0.2) is 28.6 Å². The van der Waals surface area contributed by atoms with Crippen molar-refractivity contribution in [3.05, 3.63) is 40.8 Å². The van der Waals surface area contributed by atoms with E-state index in [0.29, 0.717) is 11.8 Å². The van der Waals surface area contributed by atoms with Gasteiger partial charge in [-0.2, -0.15) is 4.98 Å². The predicted octanol–water partition coefficient (Wildman–Crippen LogP) is 2.67. The molecule has 2 aromatic rings. The Kier molecular flexibility index (Phi) is 4.68. The zero-order valence-electron chi connectivity index (χ0n) is 10.9. The van der Waals surface area contributed by atoms with E-state index < -0.39 is 0 Å². The molecule has 0 atom stereocenters. The molecule has 0 saturated carbocycles. The lowest BCUT2D eigenvalue weighted by Gasteiger charge is -2.21. The maximum atomic E-state index is 5.20. The third-order valence-electron chi connectivity index (χ3n) is 2.68. The van der Waals surface area contributed by atoms with E-state index in [-0.39, 0.29) is 0 Å². The van der Waals surface area contributed by atoms with Crippen molar-refractivity contribution in [2.24, 2.45) is 0 Å². The number of hydrogen-bond donors (Lipinski definition) is 0. The van der Waals surface area contributed by atoms with E-state index in [0.717, 1.165) is 17.6 Å². The summed E-state index contributed by atoms with van der Waals surface area (Å²) >= 11 is 3.35. The van der Waals surface area contributed by atoms with Crippen molar-refractivity contribution >= 4 is 21.9 Å². The summed E-state index contributed by atoms with van der Waals surface area (Å²) in [5, 5.41) is 0. The Morgan fingerprint density at radius 2 is 2.05 bits per heavy atom. The van der Waals surface area contributed by atoms with Gasteiger partial charge in [0.25, 0.3) is 0 Å². The lowest BCUT2D eigenvalue weighted by Crippen LogP contribution is -2.24. The Morgan fingerprint density at radius 1 is 1.32 bits per heavy atom. The fourth-order valence-corrected chi connectivity index (χ4v) is 2.02. The molecule has 0 aliphatic rings. The predicted molar refractivity (Wildman–Crippen MR) is 77.2 cm³/mol. The zero-order chi connectivity index (χ0) is 13.7. The molecule has 0 bridgehead atoms. The summed E-state index contributed by atoms with van der Waals surface area (Å²) in [6.45, 7) is 3.62.